The Bertz CT molecular complexity index is 4490. The van der Waals surface area contributed by atoms with Crippen molar-refractivity contribution in [3.8, 4) is 0 Å². The molecule has 0 aromatic heterocycles. The van der Waals surface area contributed by atoms with Crippen molar-refractivity contribution in [3.63, 3.8) is 0 Å². The quantitative estimate of drug-likeness (QED) is 0.0236. The first-order valence-corrected chi connectivity index (χ1v) is 65.6. The molecule has 20 N–H and O–H groups in total. The molecule has 0 aromatic rings. The minimum atomic E-state index is -5.61. The Balaban J connectivity index is 0.000000272. The largest absolute Gasteiger partial charge is 0.490 e. The summed E-state index contributed by atoms with van der Waals surface area (Å²) in [5, 5.41) is 0. The molecule has 10 rings (SSSR count). The molecule has 0 saturated carbocycles. The van der Waals surface area contributed by atoms with Crippen molar-refractivity contribution in [2.75, 3.05) is 98.0 Å². The van der Waals surface area contributed by atoms with Crippen molar-refractivity contribution in [2.45, 2.75) is 242 Å². The highest BCUT2D eigenvalue weighted by Crippen LogP contribution is 2.71. The molecule has 29 atom stereocenters. The van der Waals surface area contributed by atoms with Crippen LogP contribution < -0.4 is 0 Å². The molecule has 10 radical (unpaired) electrons. The lowest BCUT2D eigenvalue weighted by atomic mass is 9.95. The van der Waals surface area contributed by atoms with E-state index in [1.54, 1.807) is 23.5 Å². The van der Waals surface area contributed by atoms with Crippen LogP contribution in [0.5, 0.6) is 0 Å². The summed E-state index contributed by atoms with van der Waals surface area (Å²) in [4.78, 5) is 178. The van der Waals surface area contributed by atoms with Crippen LogP contribution in [0.2, 0.25) is 0 Å². The van der Waals surface area contributed by atoms with E-state index in [2.05, 4.69) is 65.7 Å². The van der Waals surface area contributed by atoms with Crippen molar-refractivity contribution in [2.24, 2.45) is 0 Å². The molecule has 10 aliphatic heterocycles. The van der Waals surface area contributed by atoms with E-state index < -0.39 is 265 Å². The van der Waals surface area contributed by atoms with Gasteiger partial charge in [-0.05, 0) is 94.8 Å². The van der Waals surface area contributed by atoms with Crippen molar-refractivity contribution in [3.05, 3.63) is 0 Å². The Labute approximate surface area is 824 Å². The van der Waals surface area contributed by atoms with Crippen LogP contribution in [0.4, 0.5) is 0 Å². The number of rotatable bonds is 48. The summed E-state index contributed by atoms with van der Waals surface area (Å²) in [7, 11) is -48.4. The summed E-state index contributed by atoms with van der Waals surface area (Å²) in [5.41, 5.74) is -0.0633. The average Bonchev–Trinajstić information content (AvgIpc) is 1.69. The van der Waals surface area contributed by atoms with Crippen LogP contribution in [-0.2, 0) is 210 Å². The van der Waals surface area contributed by atoms with Gasteiger partial charge in [-0.25, -0.2) is 68.5 Å². The van der Waals surface area contributed by atoms with Crippen LogP contribution in [0.1, 0.15) is 116 Å². The Morgan fingerprint density at radius 1 is 0.310 bits per heavy atom. The molecule has 0 amide bonds. The molecule has 10 heterocycles. The van der Waals surface area contributed by atoms with Gasteiger partial charge in [0.1, 0.15) is 75.2 Å². The zero-order valence-electron chi connectivity index (χ0n) is 74.5. The molecule has 0 bridgehead atoms. The molecule has 29 unspecified atom stereocenters. The molecule has 10 fully saturated rings. The van der Waals surface area contributed by atoms with Crippen molar-refractivity contribution in [1.29, 1.82) is 0 Å². The van der Waals surface area contributed by atoms with E-state index in [1.165, 1.54) is 21.3 Å². The van der Waals surface area contributed by atoms with E-state index in [0.29, 0.717) is 77.8 Å². The number of hydrogen-bond donors (Lipinski definition) is 20. The van der Waals surface area contributed by atoms with Gasteiger partial charge in [0.2, 0.25) is 0 Å². The van der Waals surface area contributed by atoms with E-state index in [0.717, 1.165) is 49.4 Å². The number of methoxy groups -OCH3 is 3. The molecule has 142 heavy (non-hydrogen) atoms. The highest BCUT2D eigenvalue weighted by molar-refractivity contribution is 7.99. The minimum Gasteiger partial charge on any atom is -0.381 e. The zero-order chi connectivity index (χ0) is 107. The van der Waals surface area contributed by atoms with Crippen LogP contribution in [0.3, 0.4) is 0 Å². The monoisotopic (exact) mass is 2400 g/mol. The van der Waals surface area contributed by atoms with Crippen molar-refractivity contribution in [1.82, 2.24) is 0 Å². The molecular formula is C54H108B5O66P15S2. The predicted octanol–water partition coefficient (Wildman–Crippen LogP) is 3.33. The van der Waals surface area contributed by atoms with E-state index in [9.17, 15) is 97.8 Å². The van der Waals surface area contributed by atoms with Gasteiger partial charge < -0.3 is 174 Å². The Kier molecular flexibility index (Phi) is 53.2. The Morgan fingerprint density at radius 3 is 0.873 bits per heavy atom. The third-order valence-electron chi connectivity index (χ3n) is 19.4. The van der Waals surface area contributed by atoms with E-state index >= 15 is 0 Å². The Hall–Kier alpha value is 2.43. The van der Waals surface area contributed by atoms with Gasteiger partial charge in [-0.2, -0.15) is 54.9 Å². The fourth-order valence-electron chi connectivity index (χ4n) is 13.8. The molecular weight excluding hydrogens is 2290 g/mol. The molecule has 10 aliphatic rings. The summed E-state index contributed by atoms with van der Waals surface area (Å²) >= 11 is 3.39. The first kappa shape index (κ1) is 133. The highest BCUT2D eigenvalue weighted by Gasteiger charge is 2.53. The highest BCUT2D eigenvalue weighted by atomic mass is 32.2. The minimum absolute atomic E-state index is 0.0633. The number of ether oxygens (including phenoxy) is 16. The van der Waals surface area contributed by atoms with E-state index in [4.69, 9.17) is 184 Å². The SMILES string of the molecule is [B]C1CC(OC2(OC)CCOC(C)C2)C(COP(=O)(O)OP(=O)(O)OP(=O)(O)O)O1.[B]C1CC(OC2(OC)CCOCC2)C(COP(=O)(O)OP(=O)(O)OP(=O)(O)O)O1.[B]C1CC(OC2(OC)CCSCC2)C(COP(=O)(O)OP(=O)(O)OP(=O)(O)O)O1.[B]C1CC(OC2CCCCO2)C(COP(=O)(O)OP(=O)(O)OP(=O)(O)O)O1.[B]C1CC(OC2CCCCS2)C(COP(=O)(O)OP(=O)(O)OP(=O)(O)O)O1. The third-order valence-corrected chi connectivity index (χ3v) is 40.6. The van der Waals surface area contributed by atoms with Gasteiger partial charge in [0.05, 0.1) is 89.5 Å². The summed E-state index contributed by atoms with van der Waals surface area (Å²) in [6.45, 7) is 0.452. The maximum Gasteiger partial charge on any atom is 0.490 e. The molecule has 822 valence electrons. The van der Waals surface area contributed by atoms with E-state index in [1.807, 2.05) is 6.92 Å². The Morgan fingerprint density at radius 2 is 0.592 bits per heavy atom. The topological polar surface area (TPSA) is 947 Å². The lowest BCUT2D eigenvalue weighted by Gasteiger charge is -2.41. The van der Waals surface area contributed by atoms with Crippen molar-refractivity contribution >= 4 is 180 Å². The van der Waals surface area contributed by atoms with Gasteiger partial charge >= 0.3 is 117 Å². The molecule has 10 saturated heterocycles. The van der Waals surface area contributed by atoms with Crippen LogP contribution in [0.25, 0.3) is 0 Å². The molecule has 0 aromatic carbocycles. The fraction of sp³-hybridized carbons (Fsp3) is 1.00. The summed E-state index contributed by atoms with van der Waals surface area (Å²) in [6, 6.07) is -3.72. The van der Waals surface area contributed by atoms with Crippen LogP contribution in [-0.4, -0.2) is 361 Å². The third kappa shape index (κ3) is 52.7. The van der Waals surface area contributed by atoms with Gasteiger partial charge in [0, 0.05) is 96.5 Å². The van der Waals surface area contributed by atoms with Gasteiger partial charge in [0.25, 0.3) is 0 Å². The molecule has 88 heteroatoms. The van der Waals surface area contributed by atoms with Crippen molar-refractivity contribution < 1.29 is 308 Å². The van der Waals surface area contributed by atoms with Gasteiger partial charge in [-0.1, -0.05) is 0 Å². The standard InChI is InChI=1S/C12H24BO14P3.C11H22BO14P3.C11H22BO13P3S.C10H20BO13P3.C10H20BO12P3S/c1-8-6-12(21-2,3-4-22-8)25-9-5-11(13)24-10(9)7-23-29(17,18)27-30(19,20)26-28(14,15)16;1-20-11(2-4-21-5-3-11)24-8-6-10(12)23-9(8)7-22-28(16,17)26-29(18,19)25-27(13,14)15;1-20-11(2-4-29-5-3-11)23-8-6-10(12)22-9(8)7-21-27(16,17)25-28(18,19)24-26(13,14)15;11-9-5-7(22-10-3-1-2-4-19-10)8(21-9)6-20-26(15,16)24-27(17,18)23-25(12,13)14;11-9-5-7(21-10-3-1-2-4-27-10)8(20-9)6-19-25(15,16)23-26(17,18)22-24(12,13)14/h8-11H,3-7H2,1-2H3,(H,17,18)(H,19,20)(H2,14,15,16);2*8-10H,2-7H2,1H3,(H,16,17)(H,18,19)(H2,13,14,15);2*7-10H,1-6H2,(H,15,16)(H,17,18)(H2,12,13,14). The first-order valence-electron chi connectivity index (χ1n) is 40.8. The second kappa shape index (κ2) is 56.8. The number of phosphoric acid groups is 15. The van der Waals surface area contributed by atoms with Gasteiger partial charge in [0.15, 0.2) is 23.7 Å². The number of hydrogen-bond acceptors (Lipinski definition) is 48. The summed E-state index contributed by atoms with van der Waals surface area (Å²) in [6.07, 6.45) is 1.08. The van der Waals surface area contributed by atoms with Gasteiger partial charge in [-0.3, -0.25) is 22.6 Å². The molecule has 66 nitrogen and oxygen atoms in total. The second-order valence-corrected chi connectivity index (χ2v) is 55.4. The lowest BCUT2D eigenvalue weighted by Crippen LogP contribution is -2.48. The van der Waals surface area contributed by atoms with Crippen LogP contribution in [0, 0.1) is 0 Å². The number of thioether (sulfide) groups is 2. The summed E-state index contributed by atoms with van der Waals surface area (Å²) in [5.74, 6) is -0.230. The van der Waals surface area contributed by atoms with Crippen LogP contribution in [0.15, 0.2) is 0 Å². The predicted molar refractivity (Wildman–Crippen MR) is 473 cm³/mol. The normalized spacial score (nSPS) is 33.7. The first-order chi connectivity index (χ1) is 64.8. The smallest absolute Gasteiger partial charge is 0.381 e. The van der Waals surface area contributed by atoms with E-state index in [-0.39, 0.29) is 37.2 Å². The maximum atomic E-state index is 11.9. The molecule has 0 aliphatic carbocycles. The maximum absolute atomic E-state index is 11.9. The fourth-order valence-corrected chi connectivity index (χ4v) is 31.3. The molecule has 0 spiro atoms. The average molecular weight is 2400 g/mol. The summed E-state index contributed by atoms with van der Waals surface area (Å²) < 4.78 is 318. The van der Waals surface area contributed by atoms with Crippen LogP contribution >= 0.6 is 141 Å². The zero-order valence-corrected chi connectivity index (χ0v) is 89.6. The van der Waals surface area contributed by atoms with Gasteiger partial charge in [-0.15, -0.1) is 11.8 Å². The lowest BCUT2D eigenvalue weighted by molar-refractivity contribution is -0.290. The second-order valence-electron chi connectivity index (χ2n) is 30.8. The number of phosphoric ester groups is 5.